The van der Waals surface area contributed by atoms with Gasteiger partial charge in [-0.3, -0.25) is 4.68 Å². The molecule has 0 radical (unpaired) electrons. The van der Waals surface area contributed by atoms with Crippen LogP contribution in [-0.4, -0.2) is 23.4 Å². The summed E-state index contributed by atoms with van der Waals surface area (Å²) in [6.45, 7) is 0.571. The fourth-order valence-electron chi connectivity index (χ4n) is 2.42. The second-order valence-corrected chi connectivity index (χ2v) is 4.12. The monoisotopic (exact) mass is 233 g/mol. The van der Waals surface area contributed by atoms with Crippen molar-refractivity contribution in [2.75, 3.05) is 13.6 Å². The van der Waals surface area contributed by atoms with Crippen molar-refractivity contribution in [3.05, 3.63) is 17.0 Å². The second-order valence-electron chi connectivity index (χ2n) is 4.12. The van der Waals surface area contributed by atoms with Gasteiger partial charge in [0.25, 0.3) is 0 Å². The molecule has 3 nitrogen and oxygen atoms in total. The van der Waals surface area contributed by atoms with E-state index in [0.717, 1.165) is 12.1 Å². The summed E-state index contributed by atoms with van der Waals surface area (Å²) >= 11 is 0. The Morgan fingerprint density at radius 2 is 2.19 bits per heavy atom. The minimum atomic E-state index is -4.35. The van der Waals surface area contributed by atoms with Crippen LogP contribution >= 0.6 is 0 Å². The smallest absolute Gasteiger partial charge is 0.319 e. The summed E-state index contributed by atoms with van der Waals surface area (Å²) < 4.78 is 39.7. The summed E-state index contributed by atoms with van der Waals surface area (Å²) in [7, 11) is 3.33. The number of hydrogen-bond acceptors (Lipinski definition) is 2. The van der Waals surface area contributed by atoms with E-state index >= 15 is 0 Å². The zero-order valence-electron chi connectivity index (χ0n) is 9.23. The third-order valence-electron chi connectivity index (χ3n) is 3.06. The van der Waals surface area contributed by atoms with Crippen LogP contribution < -0.4 is 5.32 Å². The Balaban J connectivity index is 2.46. The molecule has 2 rings (SSSR count). The molecule has 1 aromatic rings. The van der Waals surface area contributed by atoms with Crippen LogP contribution in [0.2, 0.25) is 0 Å². The van der Waals surface area contributed by atoms with Crippen LogP contribution in [-0.2, 0) is 19.6 Å². The molecule has 1 unspecified atom stereocenters. The Hall–Kier alpha value is -1.04. The van der Waals surface area contributed by atoms with Gasteiger partial charge in [0.05, 0.1) is 0 Å². The fraction of sp³-hybridized carbons (Fsp3) is 0.700. The van der Waals surface area contributed by atoms with Gasteiger partial charge in [-0.25, -0.2) is 0 Å². The summed E-state index contributed by atoms with van der Waals surface area (Å²) in [5.41, 5.74) is 0.416. The zero-order chi connectivity index (χ0) is 11.9. The topological polar surface area (TPSA) is 29.9 Å². The van der Waals surface area contributed by atoms with Crippen molar-refractivity contribution in [3.63, 3.8) is 0 Å². The lowest BCUT2D eigenvalue weighted by atomic mass is 10.0. The normalized spacial score (nSPS) is 20.2. The molecule has 1 atom stereocenters. The summed E-state index contributed by atoms with van der Waals surface area (Å²) in [6.07, 6.45) is -2.89. The minimum Gasteiger partial charge on any atom is -0.319 e. The number of nitrogens with one attached hydrogen (secondary N) is 1. The van der Waals surface area contributed by atoms with Crippen LogP contribution in [0.1, 0.15) is 29.3 Å². The van der Waals surface area contributed by atoms with Crippen LogP contribution in [0.5, 0.6) is 0 Å². The first-order valence-electron chi connectivity index (χ1n) is 5.22. The first-order chi connectivity index (χ1) is 7.45. The first kappa shape index (κ1) is 11.4. The van der Waals surface area contributed by atoms with Gasteiger partial charge < -0.3 is 5.32 Å². The molecule has 16 heavy (non-hydrogen) atoms. The summed E-state index contributed by atoms with van der Waals surface area (Å²) in [6, 6.07) is 0. The van der Waals surface area contributed by atoms with Crippen molar-refractivity contribution in [3.8, 4) is 0 Å². The van der Waals surface area contributed by atoms with E-state index in [-0.39, 0.29) is 5.92 Å². The van der Waals surface area contributed by atoms with Gasteiger partial charge in [0, 0.05) is 30.8 Å². The number of hydrogen-bond donors (Lipinski definition) is 1. The lowest BCUT2D eigenvalue weighted by Crippen LogP contribution is -2.18. The highest BCUT2D eigenvalue weighted by molar-refractivity contribution is 5.36. The summed E-state index contributed by atoms with van der Waals surface area (Å²) in [4.78, 5) is 0. The fourth-order valence-corrected chi connectivity index (χ4v) is 2.42. The molecule has 0 fully saturated rings. The lowest BCUT2D eigenvalue weighted by Gasteiger charge is -2.12. The molecule has 0 saturated heterocycles. The van der Waals surface area contributed by atoms with E-state index in [0.29, 0.717) is 18.5 Å². The second kappa shape index (κ2) is 3.76. The molecule has 0 saturated carbocycles. The highest BCUT2D eigenvalue weighted by Crippen LogP contribution is 2.41. The maximum atomic E-state index is 12.8. The molecule has 90 valence electrons. The quantitative estimate of drug-likeness (QED) is 0.842. The maximum Gasteiger partial charge on any atom is 0.435 e. The summed E-state index contributed by atoms with van der Waals surface area (Å²) in [5.74, 6) is -0.0645. The molecule has 0 aliphatic heterocycles. The number of aromatic nitrogens is 2. The van der Waals surface area contributed by atoms with Gasteiger partial charge in [-0.05, 0) is 19.9 Å². The highest BCUT2D eigenvalue weighted by Gasteiger charge is 2.42. The molecular formula is C10H14F3N3. The Kier molecular flexibility index (Phi) is 2.69. The van der Waals surface area contributed by atoms with Gasteiger partial charge in [0.1, 0.15) is 0 Å². The molecule has 1 aliphatic carbocycles. The van der Waals surface area contributed by atoms with Gasteiger partial charge in [-0.2, -0.15) is 18.3 Å². The third-order valence-corrected chi connectivity index (χ3v) is 3.06. The number of nitrogens with zero attached hydrogens (tertiary/aromatic N) is 2. The number of aryl methyl sites for hydroxylation is 1. The number of fused-ring (bicyclic) bond motifs is 1. The van der Waals surface area contributed by atoms with E-state index in [4.69, 9.17) is 0 Å². The largest absolute Gasteiger partial charge is 0.435 e. The molecule has 6 heteroatoms. The Morgan fingerprint density at radius 1 is 1.50 bits per heavy atom. The van der Waals surface area contributed by atoms with Crippen molar-refractivity contribution in [2.24, 2.45) is 7.05 Å². The van der Waals surface area contributed by atoms with E-state index in [1.807, 2.05) is 0 Å². The third kappa shape index (κ3) is 1.71. The van der Waals surface area contributed by atoms with E-state index < -0.39 is 11.9 Å². The van der Waals surface area contributed by atoms with Crippen LogP contribution in [0.4, 0.5) is 13.2 Å². The standard InChI is InChI=1S/C10H14F3N3/c1-14-5-6-3-4-7-8(6)9(10(11,12)13)15-16(7)2/h6,14H,3-5H2,1-2H3. The van der Waals surface area contributed by atoms with Crippen LogP contribution in [0.25, 0.3) is 0 Å². The van der Waals surface area contributed by atoms with Crippen molar-refractivity contribution in [1.82, 2.24) is 15.1 Å². The SMILES string of the molecule is CNCC1CCc2c1c(C(F)(F)F)nn2C. The van der Waals surface area contributed by atoms with Crippen LogP contribution in [0.15, 0.2) is 0 Å². The van der Waals surface area contributed by atoms with Gasteiger partial charge in [-0.1, -0.05) is 0 Å². The average molecular weight is 233 g/mol. The highest BCUT2D eigenvalue weighted by atomic mass is 19.4. The zero-order valence-corrected chi connectivity index (χ0v) is 9.23. The Bertz CT molecular complexity index is 395. The van der Waals surface area contributed by atoms with E-state index in [9.17, 15) is 13.2 Å². The number of rotatable bonds is 2. The molecule has 1 heterocycles. The van der Waals surface area contributed by atoms with Gasteiger partial charge >= 0.3 is 6.18 Å². The lowest BCUT2D eigenvalue weighted by molar-refractivity contribution is -0.142. The molecular weight excluding hydrogens is 219 g/mol. The Morgan fingerprint density at radius 3 is 2.75 bits per heavy atom. The molecule has 1 N–H and O–H groups in total. The first-order valence-corrected chi connectivity index (χ1v) is 5.22. The van der Waals surface area contributed by atoms with Crippen molar-refractivity contribution < 1.29 is 13.2 Å². The van der Waals surface area contributed by atoms with Gasteiger partial charge in [-0.15, -0.1) is 0 Å². The molecule has 0 aromatic carbocycles. The van der Waals surface area contributed by atoms with Crippen molar-refractivity contribution in [1.29, 1.82) is 0 Å². The van der Waals surface area contributed by atoms with Gasteiger partial charge in [0.2, 0.25) is 0 Å². The molecule has 1 aromatic heterocycles. The van der Waals surface area contributed by atoms with Crippen LogP contribution in [0.3, 0.4) is 0 Å². The minimum absolute atomic E-state index is 0.0645. The number of halogens is 3. The van der Waals surface area contributed by atoms with E-state index in [2.05, 4.69) is 10.4 Å². The predicted molar refractivity (Wildman–Crippen MR) is 53.2 cm³/mol. The Labute approximate surface area is 91.6 Å². The van der Waals surface area contributed by atoms with Crippen molar-refractivity contribution >= 4 is 0 Å². The van der Waals surface area contributed by atoms with Crippen molar-refractivity contribution in [2.45, 2.75) is 24.9 Å². The molecule has 0 bridgehead atoms. The molecule has 0 amide bonds. The maximum absolute atomic E-state index is 12.8. The van der Waals surface area contributed by atoms with Gasteiger partial charge in [0.15, 0.2) is 5.69 Å². The predicted octanol–water partition coefficient (Wildman–Crippen LogP) is 1.69. The number of alkyl halides is 3. The average Bonchev–Trinajstić information content (AvgIpc) is 2.69. The van der Waals surface area contributed by atoms with E-state index in [1.54, 1.807) is 14.1 Å². The molecule has 1 aliphatic rings. The molecule has 0 spiro atoms. The number of likely N-dealkylation sites (N-methyl/N-ethyl adjacent to an activating group) is 1. The van der Waals surface area contributed by atoms with E-state index in [1.165, 1.54) is 4.68 Å². The van der Waals surface area contributed by atoms with Crippen LogP contribution in [0, 0.1) is 0 Å². The summed E-state index contributed by atoms with van der Waals surface area (Å²) in [5, 5.41) is 6.53.